The summed E-state index contributed by atoms with van der Waals surface area (Å²) in [7, 11) is 4.78. The fraction of sp³-hybridized carbons (Fsp3) is 0.419. The van der Waals surface area contributed by atoms with Crippen LogP contribution < -0.4 is 19.5 Å². The van der Waals surface area contributed by atoms with E-state index in [4.69, 9.17) is 23.7 Å². The molecule has 1 N–H and O–H groups in total. The summed E-state index contributed by atoms with van der Waals surface area (Å²) in [4.78, 5) is 27.5. The number of nitrogens with one attached hydrogen (secondary N) is 1. The van der Waals surface area contributed by atoms with Gasteiger partial charge in [0.25, 0.3) is 0 Å². The van der Waals surface area contributed by atoms with Crippen LogP contribution in [0.25, 0.3) is 0 Å². The summed E-state index contributed by atoms with van der Waals surface area (Å²) in [6.07, 6.45) is 2.64. The lowest BCUT2D eigenvalue weighted by atomic mass is 9.71. The Morgan fingerprint density at radius 2 is 1.77 bits per heavy atom. The maximum absolute atomic E-state index is 13.9. The van der Waals surface area contributed by atoms with Crippen molar-refractivity contribution in [2.75, 3.05) is 34.5 Å². The fourth-order valence-electron chi connectivity index (χ4n) is 5.92. The molecule has 0 amide bonds. The summed E-state index contributed by atoms with van der Waals surface area (Å²) in [5, 5.41) is 3.41. The van der Waals surface area contributed by atoms with Crippen LogP contribution >= 0.6 is 0 Å². The molecule has 39 heavy (non-hydrogen) atoms. The SMILES string of the molecule is COc1ccc([C@@H]2C(C(=O)OC[C@@H]3CCCO3)=C(C)NC3=C2C(=O)C[C@@H](c2ccccc2OC)C3)cc1OC. The number of hydrogen-bond acceptors (Lipinski definition) is 8. The van der Waals surface area contributed by atoms with Gasteiger partial charge in [0.1, 0.15) is 12.4 Å². The van der Waals surface area contributed by atoms with Crippen LogP contribution in [0.4, 0.5) is 0 Å². The number of carbonyl (C=O) groups is 2. The Balaban J connectivity index is 1.55. The quantitative estimate of drug-likeness (QED) is 0.484. The molecule has 3 aliphatic rings. The second-order valence-corrected chi connectivity index (χ2v) is 10.1. The minimum absolute atomic E-state index is 0.0173. The van der Waals surface area contributed by atoms with E-state index in [0.717, 1.165) is 35.4 Å². The van der Waals surface area contributed by atoms with Crippen LogP contribution in [0.15, 0.2) is 65.0 Å². The predicted octanol–water partition coefficient (Wildman–Crippen LogP) is 4.80. The predicted molar refractivity (Wildman–Crippen MR) is 145 cm³/mol. The molecule has 2 aromatic rings. The van der Waals surface area contributed by atoms with E-state index in [1.165, 1.54) is 0 Å². The maximum Gasteiger partial charge on any atom is 0.336 e. The zero-order valence-corrected chi connectivity index (χ0v) is 22.9. The lowest BCUT2D eigenvalue weighted by Crippen LogP contribution is -2.36. The number of ketones is 1. The Morgan fingerprint density at radius 1 is 1.00 bits per heavy atom. The fourth-order valence-corrected chi connectivity index (χ4v) is 5.92. The maximum atomic E-state index is 13.9. The van der Waals surface area contributed by atoms with Crippen molar-refractivity contribution in [3.8, 4) is 17.2 Å². The monoisotopic (exact) mass is 533 g/mol. The van der Waals surface area contributed by atoms with Crippen molar-refractivity contribution in [3.63, 3.8) is 0 Å². The Labute approximate surface area is 228 Å². The van der Waals surface area contributed by atoms with Gasteiger partial charge in [-0.25, -0.2) is 4.79 Å². The van der Waals surface area contributed by atoms with E-state index in [9.17, 15) is 9.59 Å². The number of benzene rings is 2. The van der Waals surface area contributed by atoms with E-state index >= 15 is 0 Å². The smallest absolute Gasteiger partial charge is 0.336 e. The van der Waals surface area contributed by atoms with Gasteiger partial charge in [0.2, 0.25) is 0 Å². The van der Waals surface area contributed by atoms with Gasteiger partial charge in [0.15, 0.2) is 17.3 Å². The summed E-state index contributed by atoms with van der Waals surface area (Å²) < 4.78 is 28.0. The lowest BCUT2D eigenvalue weighted by molar-refractivity contribution is -0.142. The van der Waals surface area contributed by atoms with Crippen molar-refractivity contribution in [2.24, 2.45) is 0 Å². The molecule has 206 valence electrons. The molecule has 8 nitrogen and oxygen atoms in total. The van der Waals surface area contributed by atoms with Crippen LogP contribution in [0.1, 0.15) is 55.6 Å². The third-order valence-electron chi connectivity index (χ3n) is 7.79. The summed E-state index contributed by atoms with van der Waals surface area (Å²) in [6.45, 7) is 2.72. The molecule has 2 aliphatic heterocycles. The van der Waals surface area contributed by atoms with Crippen molar-refractivity contribution in [2.45, 2.75) is 50.5 Å². The Bertz CT molecular complexity index is 1320. The summed E-state index contributed by atoms with van der Waals surface area (Å²) >= 11 is 0. The number of rotatable bonds is 8. The highest BCUT2D eigenvalue weighted by Crippen LogP contribution is 2.48. The van der Waals surface area contributed by atoms with Gasteiger partial charge >= 0.3 is 5.97 Å². The third kappa shape index (κ3) is 5.26. The van der Waals surface area contributed by atoms with Crippen molar-refractivity contribution in [3.05, 3.63) is 76.1 Å². The topological polar surface area (TPSA) is 92.3 Å². The van der Waals surface area contributed by atoms with Crippen LogP contribution in [-0.4, -0.2) is 52.4 Å². The van der Waals surface area contributed by atoms with Gasteiger partial charge in [-0.3, -0.25) is 4.79 Å². The number of Topliss-reactive ketones (excluding diaryl/α,β-unsaturated/α-hetero) is 1. The molecule has 0 spiro atoms. The van der Waals surface area contributed by atoms with Crippen LogP contribution in [0.5, 0.6) is 17.2 Å². The molecule has 0 saturated carbocycles. The van der Waals surface area contributed by atoms with Gasteiger partial charge in [0.05, 0.1) is 33.0 Å². The molecule has 0 unspecified atom stereocenters. The van der Waals surface area contributed by atoms with Gasteiger partial charge < -0.3 is 29.0 Å². The van der Waals surface area contributed by atoms with Crippen molar-refractivity contribution < 1.29 is 33.3 Å². The number of methoxy groups -OCH3 is 3. The number of ether oxygens (including phenoxy) is 5. The minimum Gasteiger partial charge on any atom is -0.496 e. The lowest BCUT2D eigenvalue weighted by Gasteiger charge is -2.37. The second kappa shape index (κ2) is 11.5. The molecule has 3 atom stereocenters. The summed E-state index contributed by atoms with van der Waals surface area (Å²) in [5.41, 5.74) is 4.24. The minimum atomic E-state index is -0.607. The molecular weight excluding hydrogens is 498 g/mol. The molecule has 0 bridgehead atoms. The van der Waals surface area contributed by atoms with Gasteiger partial charge in [-0.1, -0.05) is 24.3 Å². The highest BCUT2D eigenvalue weighted by molar-refractivity contribution is 6.04. The van der Waals surface area contributed by atoms with E-state index in [1.54, 1.807) is 27.4 Å². The zero-order chi connectivity index (χ0) is 27.5. The Hall–Kier alpha value is -3.78. The molecular formula is C31H35NO7. The number of allylic oxidation sites excluding steroid dienone is 3. The van der Waals surface area contributed by atoms with Crippen LogP contribution in [0.3, 0.4) is 0 Å². The molecule has 1 fully saturated rings. The first-order valence-electron chi connectivity index (χ1n) is 13.3. The number of esters is 1. The first-order valence-corrected chi connectivity index (χ1v) is 13.3. The Morgan fingerprint density at radius 3 is 2.49 bits per heavy atom. The van der Waals surface area contributed by atoms with Crippen LogP contribution in [0, 0.1) is 0 Å². The Kier molecular flexibility index (Phi) is 7.93. The van der Waals surface area contributed by atoms with Crippen LogP contribution in [0.2, 0.25) is 0 Å². The normalized spacial score (nSPS) is 22.8. The number of carbonyl (C=O) groups excluding carboxylic acids is 2. The first kappa shape index (κ1) is 26.8. The molecule has 1 saturated heterocycles. The number of dihydropyridines is 1. The van der Waals surface area contributed by atoms with Crippen molar-refractivity contribution in [1.82, 2.24) is 5.32 Å². The molecule has 2 heterocycles. The second-order valence-electron chi connectivity index (χ2n) is 10.1. The number of para-hydroxylation sites is 1. The largest absolute Gasteiger partial charge is 0.496 e. The highest BCUT2D eigenvalue weighted by Gasteiger charge is 2.42. The average molecular weight is 534 g/mol. The van der Waals surface area contributed by atoms with E-state index in [1.807, 2.05) is 43.3 Å². The summed E-state index contributed by atoms with van der Waals surface area (Å²) in [6, 6.07) is 13.3. The van der Waals surface area contributed by atoms with Gasteiger partial charge in [0, 0.05) is 41.8 Å². The van der Waals surface area contributed by atoms with Gasteiger partial charge in [-0.2, -0.15) is 0 Å². The van der Waals surface area contributed by atoms with E-state index < -0.39 is 11.9 Å². The molecule has 2 aromatic carbocycles. The standard InChI is InChI=1S/C31H35NO7/c1-18-28(31(34)39-17-21-8-7-13-38-21)29(19-11-12-26(36-3)27(16-19)37-4)30-23(32-18)14-20(15-24(30)33)22-9-5-6-10-25(22)35-2/h5-6,9-12,16,20-21,29,32H,7-8,13-15,17H2,1-4H3/t20-,21-,29+/m0/s1. The highest BCUT2D eigenvalue weighted by atomic mass is 16.6. The first-order chi connectivity index (χ1) is 18.9. The van der Waals surface area contributed by atoms with Crippen LogP contribution in [-0.2, 0) is 19.1 Å². The molecule has 5 rings (SSSR count). The van der Waals surface area contributed by atoms with Gasteiger partial charge in [-0.05, 0) is 55.5 Å². The van der Waals surface area contributed by atoms with E-state index in [2.05, 4.69) is 5.32 Å². The molecule has 0 radical (unpaired) electrons. The zero-order valence-electron chi connectivity index (χ0n) is 22.9. The molecule has 1 aliphatic carbocycles. The van der Waals surface area contributed by atoms with Crippen molar-refractivity contribution >= 4 is 11.8 Å². The van der Waals surface area contributed by atoms with E-state index in [0.29, 0.717) is 47.8 Å². The molecule has 8 heteroatoms. The average Bonchev–Trinajstić information content (AvgIpc) is 3.48. The molecule has 0 aromatic heterocycles. The number of hydrogen-bond donors (Lipinski definition) is 1. The van der Waals surface area contributed by atoms with Gasteiger partial charge in [-0.15, -0.1) is 0 Å². The summed E-state index contributed by atoms with van der Waals surface area (Å²) in [5.74, 6) is 0.723. The van der Waals surface area contributed by atoms with E-state index in [-0.39, 0.29) is 24.4 Å². The van der Waals surface area contributed by atoms with Crippen molar-refractivity contribution in [1.29, 1.82) is 0 Å². The third-order valence-corrected chi connectivity index (χ3v) is 7.79.